The molecule has 128 valence electrons. The summed E-state index contributed by atoms with van der Waals surface area (Å²) in [6.45, 7) is 0.0588. The van der Waals surface area contributed by atoms with E-state index in [2.05, 4.69) is 0 Å². The second kappa shape index (κ2) is 7.43. The van der Waals surface area contributed by atoms with Gasteiger partial charge in [-0.25, -0.2) is 0 Å². The van der Waals surface area contributed by atoms with E-state index in [4.69, 9.17) is 33.3 Å². The smallest absolute Gasteiger partial charge is 0.305 e. The molecule has 2 aromatic rings. The number of carbonyl (C=O) groups is 2. The van der Waals surface area contributed by atoms with Gasteiger partial charge in [0, 0.05) is 23.2 Å². The van der Waals surface area contributed by atoms with Gasteiger partial charge in [0.15, 0.2) is 0 Å². The minimum absolute atomic E-state index is 0.0588. The number of thioether (sulfide) groups is 1. The standard InChI is InChI=1S/C17H12ClNO4S2/c18-11-3-1-2-10(8-11)13-5-4-12(23-13)9-14-16(22)19(17(24)25-14)7-6-15(20)21/h1-5,8-9H,6-7H2,(H,20,21)/b14-9-. The van der Waals surface area contributed by atoms with E-state index in [9.17, 15) is 9.59 Å². The van der Waals surface area contributed by atoms with Crippen molar-refractivity contribution in [2.24, 2.45) is 0 Å². The second-order valence-electron chi connectivity index (χ2n) is 5.19. The second-order valence-corrected chi connectivity index (χ2v) is 7.30. The van der Waals surface area contributed by atoms with Crippen LogP contribution in [0.3, 0.4) is 0 Å². The molecule has 1 amide bonds. The third kappa shape index (κ3) is 4.12. The average molecular weight is 394 g/mol. The zero-order chi connectivity index (χ0) is 18.0. The van der Waals surface area contributed by atoms with Crippen LogP contribution in [0.4, 0.5) is 0 Å². The van der Waals surface area contributed by atoms with Crippen molar-refractivity contribution in [1.82, 2.24) is 4.90 Å². The number of benzene rings is 1. The molecule has 0 aliphatic carbocycles. The van der Waals surface area contributed by atoms with Crippen LogP contribution in [-0.2, 0) is 9.59 Å². The van der Waals surface area contributed by atoms with Gasteiger partial charge in [0.25, 0.3) is 5.91 Å². The molecule has 3 rings (SSSR count). The highest BCUT2D eigenvalue weighted by Crippen LogP contribution is 2.33. The molecule has 1 aliphatic heterocycles. The van der Waals surface area contributed by atoms with Gasteiger partial charge in [0.2, 0.25) is 0 Å². The van der Waals surface area contributed by atoms with E-state index in [0.29, 0.717) is 25.8 Å². The molecule has 1 N–H and O–H groups in total. The Hall–Kier alpha value is -2.09. The topological polar surface area (TPSA) is 70.8 Å². The molecule has 8 heteroatoms. The highest BCUT2D eigenvalue weighted by atomic mass is 35.5. The maximum Gasteiger partial charge on any atom is 0.305 e. The van der Waals surface area contributed by atoms with Gasteiger partial charge >= 0.3 is 5.97 Å². The van der Waals surface area contributed by atoms with Gasteiger partial charge in [-0.1, -0.05) is 47.7 Å². The van der Waals surface area contributed by atoms with E-state index >= 15 is 0 Å². The van der Waals surface area contributed by atoms with E-state index in [1.807, 2.05) is 12.1 Å². The fraction of sp³-hybridized carbons (Fsp3) is 0.118. The number of rotatable bonds is 5. The summed E-state index contributed by atoms with van der Waals surface area (Å²) in [5.74, 6) is -0.143. The highest BCUT2D eigenvalue weighted by Gasteiger charge is 2.32. The monoisotopic (exact) mass is 393 g/mol. The van der Waals surface area contributed by atoms with Crippen molar-refractivity contribution in [3.63, 3.8) is 0 Å². The summed E-state index contributed by atoms with van der Waals surface area (Å²) < 4.78 is 6.09. The maximum absolute atomic E-state index is 12.4. The van der Waals surface area contributed by atoms with E-state index in [1.165, 1.54) is 4.90 Å². The number of halogens is 1. The minimum atomic E-state index is -0.977. The quantitative estimate of drug-likeness (QED) is 0.604. The largest absolute Gasteiger partial charge is 0.481 e. The number of carbonyl (C=O) groups excluding carboxylic acids is 1. The molecule has 0 unspecified atom stereocenters. The molecule has 1 saturated heterocycles. The van der Waals surface area contributed by atoms with Gasteiger partial charge in [-0.15, -0.1) is 0 Å². The van der Waals surface area contributed by atoms with Gasteiger partial charge in [-0.3, -0.25) is 14.5 Å². The Bertz CT molecular complexity index is 890. The van der Waals surface area contributed by atoms with Crippen LogP contribution >= 0.6 is 35.6 Å². The Labute approximate surface area is 158 Å². The SMILES string of the molecule is O=C(O)CCN1C(=O)/C(=C/c2ccc(-c3cccc(Cl)c3)o2)SC1=S. The van der Waals surface area contributed by atoms with Gasteiger partial charge in [-0.05, 0) is 24.3 Å². The number of amides is 1. The molecule has 0 saturated carbocycles. The number of furan rings is 1. The van der Waals surface area contributed by atoms with Crippen molar-refractivity contribution < 1.29 is 19.1 Å². The summed E-state index contributed by atoms with van der Waals surface area (Å²) in [7, 11) is 0. The van der Waals surface area contributed by atoms with Crippen LogP contribution in [0.2, 0.25) is 5.02 Å². The molecular formula is C17H12ClNO4S2. The van der Waals surface area contributed by atoms with Gasteiger partial charge in [0.05, 0.1) is 11.3 Å². The summed E-state index contributed by atoms with van der Waals surface area (Å²) in [5, 5.41) is 9.36. The number of carboxylic acid groups (broad SMARTS) is 1. The van der Waals surface area contributed by atoms with E-state index in [0.717, 1.165) is 17.3 Å². The van der Waals surface area contributed by atoms with Crippen molar-refractivity contribution in [3.05, 3.63) is 52.1 Å². The number of nitrogens with zero attached hydrogens (tertiary/aromatic N) is 1. The van der Waals surface area contributed by atoms with Crippen LogP contribution in [0, 0.1) is 0 Å². The Morgan fingerprint density at radius 1 is 1.36 bits per heavy atom. The lowest BCUT2D eigenvalue weighted by Crippen LogP contribution is -2.30. The summed E-state index contributed by atoms with van der Waals surface area (Å²) in [5.41, 5.74) is 0.834. The molecular weight excluding hydrogens is 382 g/mol. The predicted molar refractivity (Wildman–Crippen MR) is 101 cm³/mol. The number of hydrogen-bond acceptors (Lipinski definition) is 5. The Morgan fingerprint density at radius 3 is 2.88 bits per heavy atom. The van der Waals surface area contributed by atoms with Gasteiger partial charge in [0.1, 0.15) is 15.8 Å². The summed E-state index contributed by atoms with van der Waals surface area (Å²) >= 11 is 12.3. The lowest BCUT2D eigenvalue weighted by Gasteiger charge is -2.12. The first-order chi connectivity index (χ1) is 11.9. The van der Waals surface area contributed by atoms with Crippen LogP contribution in [0.5, 0.6) is 0 Å². The lowest BCUT2D eigenvalue weighted by atomic mass is 10.2. The predicted octanol–water partition coefficient (Wildman–Crippen LogP) is 4.28. The van der Waals surface area contributed by atoms with Crippen molar-refractivity contribution >= 4 is 57.9 Å². The third-order valence-corrected chi connectivity index (χ3v) is 5.05. The molecule has 0 radical (unpaired) electrons. The summed E-state index contributed by atoms with van der Waals surface area (Å²) in [6, 6.07) is 10.8. The molecule has 1 fully saturated rings. The molecule has 0 spiro atoms. The number of carboxylic acids is 1. The maximum atomic E-state index is 12.4. The first kappa shape index (κ1) is 17.7. The Morgan fingerprint density at radius 2 is 2.16 bits per heavy atom. The van der Waals surface area contributed by atoms with Crippen molar-refractivity contribution in [1.29, 1.82) is 0 Å². The zero-order valence-electron chi connectivity index (χ0n) is 12.8. The summed E-state index contributed by atoms with van der Waals surface area (Å²) in [4.78, 5) is 24.7. The van der Waals surface area contributed by atoms with Crippen LogP contribution in [0.1, 0.15) is 12.2 Å². The molecule has 2 heterocycles. The molecule has 5 nitrogen and oxygen atoms in total. The number of aliphatic carboxylic acids is 1. The molecule has 1 aromatic heterocycles. The molecule has 1 aromatic carbocycles. The Kier molecular flexibility index (Phi) is 5.27. The van der Waals surface area contributed by atoms with Crippen molar-refractivity contribution in [2.45, 2.75) is 6.42 Å². The van der Waals surface area contributed by atoms with Crippen LogP contribution in [0.15, 0.2) is 45.7 Å². The van der Waals surface area contributed by atoms with E-state index < -0.39 is 5.97 Å². The first-order valence-corrected chi connectivity index (χ1v) is 8.87. The lowest BCUT2D eigenvalue weighted by molar-refractivity contribution is -0.137. The Balaban J connectivity index is 1.79. The van der Waals surface area contributed by atoms with Gasteiger partial charge in [-0.2, -0.15) is 0 Å². The van der Waals surface area contributed by atoms with Crippen molar-refractivity contribution in [2.75, 3.05) is 6.54 Å². The number of hydrogen-bond donors (Lipinski definition) is 1. The fourth-order valence-electron chi connectivity index (χ4n) is 2.26. The minimum Gasteiger partial charge on any atom is -0.481 e. The fourth-order valence-corrected chi connectivity index (χ4v) is 3.74. The third-order valence-electron chi connectivity index (χ3n) is 3.43. The first-order valence-electron chi connectivity index (χ1n) is 7.27. The zero-order valence-corrected chi connectivity index (χ0v) is 15.2. The molecule has 0 atom stereocenters. The summed E-state index contributed by atoms with van der Waals surface area (Å²) in [6.07, 6.45) is 1.45. The highest BCUT2D eigenvalue weighted by molar-refractivity contribution is 8.26. The van der Waals surface area contributed by atoms with Crippen LogP contribution in [0.25, 0.3) is 17.4 Å². The normalized spacial score (nSPS) is 16.0. The molecule has 25 heavy (non-hydrogen) atoms. The molecule has 1 aliphatic rings. The van der Waals surface area contributed by atoms with Crippen LogP contribution < -0.4 is 0 Å². The average Bonchev–Trinajstić information content (AvgIpc) is 3.12. The van der Waals surface area contributed by atoms with Crippen LogP contribution in [-0.4, -0.2) is 32.7 Å². The van der Waals surface area contributed by atoms with E-state index in [1.54, 1.807) is 30.3 Å². The van der Waals surface area contributed by atoms with E-state index in [-0.39, 0.29) is 18.9 Å². The van der Waals surface area contributed by atoms with Gasteiger partial charge < -0.3 is 9.52 Å². The van der Waals surface area contributed by atoms with Crippen molar-refractivity contribution in [3.8, 4) is 11.3 Å². The number of thiocarbonyl (C=S) groups is 1. The molecule has 0 bridgehead atoms.